The van der Waals surface area contributed by atoms with Crippen LogP contribution in [0.25, 0.3) is 0 Å². The Kier molecular flexibility index (Phi) is 4.13. The van der Waals surface area contributed by atoms with Crippen molar-refractivity contribution < 1.29 is 17.6 Å². The number of nitrogens with two attached hydrogens (primary N) is 1. The van der Waals surface area contributed by atoms with Gasteiger partial charge in [0.1, 0.15) is 0 Å². The van der Waals surface area contributed by atoms with Crippen LogP contribution in [-0.4, -0.2) is 18.4 Å². The molecule has 0 spiro atoms. The quantitative estimate of drug-likeness (QED) is 0.579. The van der Waals surface area contributed by atoms with Crippen LogP contribution in [0.4, 0.5) is 17.6 Å². The second-order valence-corrected chi connectivity index (χ2v) is 3.83. The lowest BCUT2D eigenvalue weighted by molar-refractivity contribution is -0.137. The Bertz CT molecular complexity index is 238. The maximum absolute atomic E-state index is 12.9. The fourth-order valence-electron chi connectivity index (χ4n) is 1.71. The predicted molar refractivity (Wildman–Crippen MR) is 50.1 cm³/mol. The third kappa shape index (κ3) is 2.93. The molecule has 1 rings (SSSR count). The van der Waals surface area contributed by atoms with Crippen molar-refractivity contribution in [2.24, 2.45) is 5.73 Å². The average Bonchev–Trinajstić information content (AvgIpc) is 2.44. The van der Waals surface area contributed by atoms with Gasteiger partial charge in [0.05, 0.1) is 6.04 Å². The molecule has 0 fully saturated rings. The molecule has 0 aromatic heterocycles. The molecule has 0 radical (unpaired) electrons. The monoisotopic (exact) mass is 225 g/mol. The Morgan fingerprint density at radius 3 is 2.47 bits per heavy atom. The van der Waals surface area contributed by atoms with Crippen LogP contribution in [0.5, 0.6) is 0 Å². The van der Waals surface area contributed by atoms with Gasteiger partial charge in [-0.2, -0.15) is 8.78 Å². The van der Waals surface area contributed by atoms with E-state index in [1.54, 1.807) is 6.08 Å². The Labute approximate surface area is 86.3 Å². The van der Waals surface area contributed by atoms with Crippen molar-refractivity contribution in [1.82, 2.24) is 0 Å². The van der Waals surface area contributed by atoms with Gasteiger partial charge >= 0.3 is 12.3 Å². The number of hydrogen-bond donors (Lipinski definition) is 1. The molecule has 0 aromatic carbocycles. The third-order valence-electron chi connectivity index (χ3n) is 2.68. The van der Waals surface area contributed by atoms with Gasteiger partial charge in [-0.05, 0) is 25.7 Å². The van der Waals surface area contributed by atoms with E-state index in [-0.39, 0.29) is 5.57 Å². The Balaban J connectivity index is 2.73. The lowest BCUT2D eigenvalue weighted by Crippen LogP contribution is -2.47. The molecule has 1 aliphatic carbocycles. The lowest BCUT2D eigenvalue weighted by Gasteiger charge is -2.24. The van der Waals surface area contributed by atoms with Crippen LogP contribution in [-0.2, 0) is 0 Å². The first kappa shape index (κ1) is 12.5. The van der Waals surface area contributed by atoms with Crippen molar-refractivity contribution in [2.45, 2.75) is 50.5 Å². The molecule has 5 heteroatoms. The maximum Gasteiger partial charge on any atom is 0.325 e. The molecule has 1 atom stereocenters. The van der Waals surface area contributed by atoms with Gasteiger partial charge in [0.15, 0.2) is 0 Å². The van der Waals surface area contributed by atoms with Crippen LogP contribution in [0.1, 0.15) is 32.1 Å². The summed E-state index contributed by atoms with van der Waals surface area (Å²) in [6.07, 6.45) is 1.55. The van der Waals surface area contributed by atoms with Gasteiger partial charge in [0, 0.05) is 0 Å². The van der Waals surface area contributed by atoms with Crippen molar-refractivity contribution in [3.8, 4) is 0 Å². The summed E-state index contributed by atoms with van der Waals surface area (Å²) in [6.45, 7) is 0. The van der Waals surface area contributed by atoms with E-state index in [2.05, 4.69) is 0 Å². The normalized spacial score (nSPS) is 21.1. The first-order valence-corrected chi connectivity index (χ1v) is 5.06. The first-order chi connectivity index (χ1) is 6.96. The van der Waals surface area contributed by atoms with Crippen LogP contribution < -0.4 is 5.73 Å². The van der Waals surface area contributed by atoms with Gasteiger partial charge in [-0.15, -0.1) is 0 Å². The minimum absolute atomic E-state index is 0.276. The van der Waals surface area contributed by atoms with E-state index in [4.69, 9.17) is 5.73 Å². The average molecular weight is 225 g/mol. The van der Waals surface area contributed by atoms with E-state index < -0.39 is 18.4 Å². The smallest absolute Gasteiger partial charge is 0.319 e. The van der Waals surface area contributed by atoms with Crippen LogP contribution in [0.2, 0.25) is 0 Å². The van der Waals surface area contributed by atoms with E-state index in [9.17, 15) is 17.6 Å². The largest absolute Gasteiger partial charge is 0.325 e. The van der Waals surface area contributed by atoms with E-state index in [0.29, 0.717) is 12.8 Å². The summed E-state index contributed by atoms with van der Waals surface area (Å²) in [4.78, 5) is 0. The Hall–Kier alpha value is -0.580. The molecule has 15 heavy (non-hydrogen) atoms. The van der Waals surface area contributed by atoms with Crippen molar-refractivity contribution in [2.75, 3.05) is 0 Å². The fourth-order valence-corrected chi connectivity index (χ4v) is 1.71. The van der Waals surface area contributed by atoms with Crippen LogP contribution in [0.15, 0.2) is 11.6 Å². The van der Waals surface area contributed by atoms with Crippen LogP contribution >= 0.6 is 0 Å². The van der Waals surface area contributed by atoms with Crippen molar-refractivity contribution in [3.63, 3.8) is 0 Å². The zero-order valence-corrected chi connectivity index (χ0v) is 8.36. The molecule has 1 unspecified atom stereocenters. The number of halogens is 4. The molecule has 0 heterocycles. The minimum atomic E-state index is -4.11. The van der Waals surface area contributed by atoms with E-state index in [0.717, 1.165) is 19.3 Å². The molecule has 0 amide bonds. The van der Waals surface area contributed by atoms with E-state index in [1.807, 2.05) is 0 Å². The van der Waals surface area contributed by atoms with Crippen LogP contribution in [0.3, 0.4) is 0 Å². The summed E-state index contributed by atoms with van der Waals surface area (Å²) in [7, 11) is 0. The molecular formula is C10H15F4N. The molecule has 1 nitrogen and oxygen atoms in total. The Morgan fingerprint density at radius 2 is 1.87 bits per heavy atom. The van der Waals surface area contributed by atoms with Gasteiger partial charge in [0.25, 0.3) is 0 Å². The molecular weight excluding hydrogens is 210 g/mol. The van der Waals surface area contributed by atoms with Crippen molar-refractivity contribution >= 4 is 0 Å². The SMILES string of the molecule is NC(C1=CCCCCC1)C(F)(F)C(F)F. The molecule has 0 aliphatic heterocycles. The second kappa shape index (κ2) is 4.96. The van der Waals surface area contributed by atoms with Gasteiger partial charge in [-0.25, -0.2) is 8.78 Å². The number of allylic oxidation sites excluding steroid dienone is 1. The van der Waals surface area contributed by atoms with Crippen molar-refractivity contribution in [1.29, 1.82) is 0 Å². The summed E-state index contributed by atoms with van der Waals surface area (Å²) >= 11 is 0. The van der Waals surface area contributed by atoms with Gasteiger partial charge in [0.2, 0.25) is 0 Å². The molecule has 0 bridgehead atoms. The van der Waals surface area contributed by atoms with E-state index >= 15 is 0 Å². The predicted octanol–water partition coefficient (Wildman–Crippen LogP) is 3.10. The summed E-state index contributed by atoms with van der Waals surface area (Å²) in [5.41, 5.74) is 5.47. The zero-order valence-electron chi connectivity index (χ0n) is 8.36. The highest BCUT2D eigenvalue weighted by Crippen LogP contribution is 2.32. The highest BCUT2D eigenvalue weighted by molar-refractivity contribution is 5.16. The number of hydrogen-bond acceptors (Lipinski definition) is 1. The summed E-state index contributed by atoms with van der Waals surface area (Å²) in [5, 5.41) is 0. The number of rotatable bonds is 3. The highest BCUT2D eigenvalue weighted by atomic mass is 19.3. The number of alkyl halides is 4. The molecule has 0 aromatic rings. The third-order valence-corrected chi connectivity index (χ3v) is 2.68. The van der Waals surface area contributed by atoms with Crippen LogP contribution in [0, 0.1) is 0 Å². The zero-order chi connectivity index (χ0) is 11.5. The first-order valence-electron chi connectivity index (χ1n) is 5.06. The molecule has 0 saturated heterocycles. The highest BCUT2D eigenvalue weighted by Gasteiger charge is 2.48. The standard InChI is InChI=1S/C10H15F4N/c11-9(12)10(13,14)8(15)7-5-3-1-2-4-6-7/h5,8-9H,1-4,6,15H2. The molecule has 1 aliphatic rings. The fraction of sp³-hybridized carbons (Fsp3) is 0.800. The van der Waals surface area contributed by atoms with Gasteiger partial charge in [-0.1, -0.05) is 18.1 Å². The van der Waals surface area contributed by atoms with E-state index in [1.165, 1.54) is 0 Å². The lowest BCUT2D eigenvalue weighted by atomic mass is 9.97. The second-order valence-electron chi connectivity index (χ2n) is 3.83. The molecule has 0 saturated carbocycles. The minimum Gasteiger partial charge on any atom is -0.319 e. The summed E-state index contributed by atoms with van der Waals surface area (Å²) < 4.78 is 50.0. The summed E-state index contributed by atoms with van der Waals surface area (Å²) in [5.74, 6) is -4.11. The van der Waals surface area contributed by atoms with Crippen molar-refractivity contribution in [3.05, 3.63) is 11.6 Å². The Morgan fingerprint density at radius 1 is 1.20 bits per heavy atom. The summed E-state index contributed by atoms with van der Waals surface area (Å²) in [6, 6.07) is -1.84. The molecule has 2 N–H and O–H groups in total. The van der Waals surface area contributed by atoms with Gasteiger partial charge in [-0.3, -0.25) is 0 Å². The van der Waals surface area contributed by atoms with Gasteiger partial charge < -0.3 is 5.73 Å². The topological polar surface area (TPSA) is 26.0 Å². The molecule has 88 valence electrons. The maximum atomic E-state index is 12.9.